The van der Waals surface area contributed by atoms with Crippen molar-refractivity contribution in [1.29, 1.82) is 0 Å². The van der Waals surface area contributed by atoms with Gasteiger partial charge in [-0.2, -0.15) is 0 Å². The zero-order valence-electron chi connectivity index (χ0n) is 10.8. The largest absolute Gasteiger partial charge is 0.466 e. The number of aromatic nitrogens is 1. The first-order valence-corrected chi connectivity index (χ1v) is 6.38. The van der Waals surface area contributed by atoms with Crippen molar-refractivity contribution in [2.45, 2.75) is 12.5 Å². The molecule has 4 nitrogen and oxygen atoms in total. The summed E-state index contributed by atoms with van der Waals surface area (Å²) in [4.78, 5) is 14.6. The molecule has 0 spiro atoms. The Morgan fingerprint density at radius 2 is 2.26 bits per heavy atom. The van der Waals surface area contributed by atoms with Crippen LogP contribution in [0.1, 0.15) is 17.3 Å². The molecule has 2 N–H and O–H groups in total. The average molecular weight is 256 g/mol. The number of H-pyrrole nitrogens is 1. The number of carbonyl (C=O) groups excluding carboxylic acids is 1. The highest BCUT2D eigenvalue weighted by molar-refractivity contribution is 5.85. The number of benzene rings is 1. The maximum Gasteiger partial charge on any atom is 0.330 e. The van der Waals surface area contributed by atoms with E-state index in [0.717, 1.165) is 24.2 Å². The average Bonchev–Trinajstić information content (AvgIpc) is 2.84. The van der Waals surface area contributed by atoms with Crippen LogP contribution in [0.2, 0.25) is 0 Å². The van der Waals surface area contributed by atoms with E-state index in [9.17, 15) is 4.79 Å². The fraction of sp³-hybridized carbons (Fsp3) is 0.267. The quantitative estimate of drug-likeness (QED) is 0.639. The molecule has 1 aliphatic rings. The molecule has 4 heteroatoms. The molecule has 0 saturated heterocycles. The second-order valence-corrected chi connectivity index (χ2v) is 4.63. The van der Waals surface area contributed by atoms with Gasteiger partial charge in [0.2, 0.25) is 0 Å². The lowest BCUT2D eigenvalue weighted by atomic mass is 9.99. The van der Waals surface area contributed by atoms with Gasteiger partial charge in [0.15, 0.2) is 0 Å². The maximum atomic E-state index is 11.2. The van der Waals surface area contributed by atoms with Gasteiger partial charge < -0.3 is 15.0 Å². The highest BCUT2D eigenvalue weighted by Gasteiger charge is 2.21. The van der Waals surface area contributed by atoms with Crippen LogP contribution >= 0.6 is 0 Å². The van der Waals surface area contributed by atoms with Crippen molar-refractivity contribution in [2.75, 3.05) is 13.7 Å². The van der Waals surface area contributed by atoms with E-state index in [1.807, 2.05) is 12.1 Å². The van der Waals surface area contributed by atoms with Crippen LogP contribution in [-0.2, 0) is 16.0 Å². The van der Waals surface area contributed by atoms with Crippen LogP contribution in [0.4, 0.5) is 0 Å². The SMILES string of the molecule is COC(=O)/C=C/C1NCCc2c1[nH]c1ccccc21. The highest BCUT2D eigenvalue weighted by Crippen LogP contribution is 2.30. The third-order valence-electron chi connectivity index (χ3n) is 3.52. The van der Waals surface area contributed by atoms with Crippen LogP contribution in [0.15, 0.2) is 36.4 Å². The standard InChI is InChI=1S/C15H16N2O2/c1-19-14(18)7-6-13-15-11(8-9-16-13)10-4-2-3-5-12(10)17-15/h2-7,13,16-17H,8-9H2,1H3/b7-6+. The third kappa shape index (κ3) is 2.15. The first-order chi connectivity index (χ1) is 9.29. The number of ether oxygens (including phenoxy) is 1. The minimum Gasteiger partial charge on any atom is -0.466 e. The number of nitrogens with one attached hydrogen (secondary N) is 2. The van der Waals surface area contributed by atoms with Crippen LogP contribution in [0.5, 0.6) is 0 Å². The monoisotopic (exact) mass is 256 g/mol. The van der Waals surface area contributed by atoms with Crippen LogP contribution in [-0.4, -0.2) is 24.6 Å². The van der Waals surface area contributed by atoms with Crippen molar-refractivity contribution in [3.05, 3.63) is 47.7 Å². The summed E-state index contributed by atoms with van der Waals surface area (Å²) in [6.07, 6.45) is 4.32. The summed E-state index contributed by atoms with van der Waals surface area (Å²) in [6, 6.07) is 8.33. The van der Waals surface area contributed by atoms with Crippen LogP contribution in [0.25, 0.3) is 10.9 Å². The van der Waals surface area contributed by atoms with Gasteiger partial charge in [-0.25, -0.2) is 4.79 Å². The molecule has 2 aromatic rings. The molecule has 1 aliphatic heterocycles. The second kappa shape index (κ2) is 4.90. The predicted octanol–water partition coefficient (Wildman–Crippen LogP) is 2.08. The van der Waals surface area contributed by atoms with E-state index >= 15 is 0 Å². The van der Waals surface area contributed by atoms with Crippen molar-refractivity contribution < 1.29 is 9.53 Å². The van der Waals surface area contributed by atoms with E-state index in [4.69, 9.17) is 0 Å². The van der Waals surface area contributed by atoms with Crippen LogP contribution in [0, 0.1) is 0 Å². The number of para-hydroxylation sites is 1. The molecule has 1 atom stereocenters. The Kier molecular flexibility index (Phi) is 3.09. The molecule has 1 aromatic carbocycles. The summed E-state index contributed by atoms with van der Waals surface area (Å²) in [5.74, 6) is -0.329. The van der Waals surface area contributed by atoms with E-state index in [0.29, 0.717) is 0 Å². The molecular weight excluding hydrogens is 240 g/mol. The van der Waals surface area contributed by atoms with Crippen molar-refractivity contribution in [3.8, 4) is 0 Å². The molecule has 0 radical (unpaired) electrons. The van der Waals surface area contributed by atoms with E-state index in [1.165, 1.54) is 24.1 Å². The normalized spacial score (nSPS) is 18.7. The van der Waals surface area contributed by atoms with Crippen LogP contribution in [0.3, 0.4) is 0 Å². The van der Waals surface area contributed by atoms with Crippen molar-refractivity contribution in [2.24, 2.45) is 0 Å². The number of esters is 1. The molecule has 0 saturated carbocycles. The second-order valence-electron chi connectivity index (χ2n) is 4.63. The summed E-state index contributed by atoms with van der Waals surface area (Å²) >= 11 is 0. The number of hydrogen-bond donors (Lipinski definition) is 2. The molecule has 0 amide bonds. The number of aromatic amines is 1. The van der Waals surface area contributed by atoms with Gasteiger partial charge in [0, 0.05) is 29.2 Å². The Morgan fingerprint density at radius 3 is 3.11 bits per heavy atom. The minimum absolute atomic E-state index is 0.0373. The van der Waals surface area contributed by atoms with Gasteiger partial charge in [0.05, 0.1) is 13.2 Å². The highest BCUT2D eigenvalue weighted by atomic mass is 16.5. The third-order valence-corrected chi connectivity index (χ3v) is 3.52. The van der Waals surface area contributed by atoms with Crippen molar-refractivity contribution in [1.82, 2.24) is 10.3 Å². The van der Waals surface area contributed by atoms with Crippen molar-refractivity contribution in [3.63, 3.8) is 0 Å². The first kappa shape index (κ1) is 12.0. The van der Waals surface area contributed by atoms with Gasteiger partial charge in [-0.3, -0.25) is 0 Å². The van der Waals surface area contributed by atoms with Gasteiger partial charge in [0.1, 0.15) is 0 Å². The smallest absolute Gasteiger partial charge is 0.330 e. The predicted molar refractivity (Wildman–Crippen MR) is 73.9 cm³/mol. The summed E-state index contributed by atoms with van der Waals surface area (Å²) in [7, 11) is 1.38. The molecule has 19 heavy (non-hydrogen) atoms. The lowest BCUT2D eigenvalue weighted by Gasteiger charge is -2.21. The van der Waals surface area contributed by atoms with Gasteiger partial charge in [-0.1, -0.05) is 24.3 Å². The molecule has 2 heterocycles. The zero-order valence-corrected chi connectivity index (χ0v) is 10.8. The Hall–Kier alpha value is -2.07. The first-order valence-electron chi connectivity index (χ1n) is 6.38. The Bertz CT molecular complexity index is 643. The number of carbonyl (C=O) groups is 1. The summed E-state index contributed by atoms with van der Waals surface area (Å²) in [5, 5.41) is 4.66. The van der Waals surface area contributed by atoms with Crippen LogP contribution < -0.4 is 5.32 Å². The fourth-order valence-electron chi connectivity index (χ4n) is 2.62. The summed E-state index contributed by atoms with van der Waals surface area (Å²) in [6.45, 7) is 0.908. The number of rotatable bonds is 2. The molecule has 0 aliphatic carbocycles. The lowest BCUT2D eigenvalue weighted by molar-refractivity contribution is -0.134. The topological polar surface area (TPSA) is 54.1 Å². The molecule has 0 fully saturated rings. The molecule has 0 bridgehead atoms. The molecule has 98 valence electrons. The molecule has 1 unspecified atom stereocenters. The van der Waals surface area contributed by atoms with Crippen molar-refractivity contribution >= 4 is 16.9 Å². The van der Waals surface area contributed by atoms with E-state index in [2.05, 4.69) is 33.2 Å². The molecular formula is C15H16N2O2. The summed E-state index contributed by atoms with van der Waals surface area (Å²) < 4.78 is 4.62. The summed E-state index contributed by atoms with van der Waals surface area (Å²) in [5.41, 5.74) is 3.63. The Labute approximate surface area is 111 Å². The Balaban J connectivity index is 2.00. The van der Waals surface area contributed by atoms with E-state index < -0.39 is 0 Å². The number of methoxy groups -OCH3 is 1. The molecule has 1 aromatic heterocycles. The van der Waals surface area contributed by atoms with E-state index in [-0.39, 0.29) is 12.0 Å². The Morgan fingerprint density at radius 1 is 1.42 bits per heavy atom. The van der Waals surface area contributed by atoms with E-state index in [1.54, 1.807) is 0 Å². The zero-order chi connectivity index (χ0) is 13.2. The van der Waals surface area contributed by atoms with Gasteiger partial charge in [0.25, 0.3) is 0 Å². The maximum absolute atomic E-state index is 11.2. The lowest BCUT2D eigenvalue weighted by Crippen LogP contribution is -2.28. The number of hydrogen-bond acceptors (Lipinski definition) is 3. The fourth-order valence-corrected chi connectivity index (χ4v) is 2.62. The van der Waals surface area contributed by atoms with Gasteiger partial charge in [-0.05, 0) is 18.1 Å². The molecule has 3 rings (SSSR count). The minimum atomic E-state index is -0.329. The number of fused-ring (bicyclic) bond motifs is 3. The van der Waals surface area contributed by atoms with Gasteiger partial charge in [-0.15, -0.1) is 0 Å². The van der Waals surface area contributed by atoms with Gasteiger partial charge >= 0.3 is 5.97 Å².